The van der Waals surface area contributed by atoms with E-state index in [0.29, 0.717) is 0 Å². The second-order valence-corrected chi connectivity index (χ2v) is 3.29. The van der Waals surface area contributed by atoms with Crippen LogP contribution in [0.15, 0.2) is 6.20 Å². The predicted octanol–water partition coefficient (Wildman–Crippen LogP) is 0.635. The van der Waals surface area contributed by atoms with Gasteiger partial charge in [0.1, 0.15) is 5.82 Å². The van der Waals surface area contributed by atoms with E-state index in [1.54, 1.807) is 0 Å². The summed E-state index contributed by atoms with van der Waals surface area (Å²) in [5, 5.41) is 9.37. The minimum absolute atomic E-state index is 0.191. The molecule has 0 saturated heterocycles. The molecule has 0 bridgehead atoms. The SMILES string of the molecule is Cc1ncc2c(n1)CC[C@H](O)C2. The summed E-state index contributed by atoms with van der Waals surface area (Å²) in [6.45, 7) is 1.89. The maximum atomic E-state index is 9.37. The average Bonchev–Trinajstić information content (AvgIpc) is 2.05. The fraction of sp³-hybridized carbons (Fsp3) is 0.556. The van der Waals surface area contributed by atoms with Crippen molar-refractivity contribution in [1.29, 1.82) is 0 Å². The summed E-state index contributed by atoms with van der Waals surface area (Å²) < 4.78 is 0. The minimum atomic E-state index is -0.191. The first-order valence-electron chi connectivity index (χ1n) is 4.25. The van der Waals surface area contributed by atoms with E-state index in [0.717, 1.165) is 36.3 Å². The van der Waals surface area contributed by atoms with Crippen molar-refractivity contribution in [1.82, 2.24) is 9.97 Å². The van der Waals surface area contributed by atoms with E-state index >= 15 is 0 Å². The lowest BCUT2D eigenvalue weighted by atomic mass is 9.95. The van der Waals surface area contributed by atoms with Crippen LogP contribution in [-0.4, -0.2) is 21.2 Å². The quantitative estimate of drug-likeness (QED) is 0.612. The van der Waals surface area contributed by atoms with Crippen molar-refractivity contribution in [3.05, 3.63) is 23.3 Å². The number of hydrogen-bond donors (Lipinski definition) is 1. The summed E-state index contributed by atoms with van der Waals surface area (Å²) in [7, 11) is 0. The topological polar surface area (TPSA) is 46.0 Å². The molecule has 12 heavy (non-hydrogen) atoms. The number of rotatable bonds is 0. The number of fused-ring (bicyclic) bond motifs is 1. The average molecular weight is 164 g/mol. The lowest BCUT2D eigenvalue weighted by Crippen LogP contribution is -2.20. The zero-order valence-electron chi connectivity index (χ0n) is 7.12. The first kappa shape index (κ1) is 7.68. The van der Waals surface area contributed by atoms with Crippen LogP contribution in [0.1, 0.15) is 23.5 Å². The fourth-order valence-electron chi connectivity index (χ4n) is 1.59. The predicted molar refractivity (Wildman–Crippen MR) is 44.8 cm³/mol. The molecule has 0 amide bonds. The van der Waals surface area contributed by atoms with Crippen LogP contribution in [0.4, 0.5) is 0 Å². The smallest absolute Gasteiger partial charge is 0.125 e. The Morgan fingerprint density at radius 2 is 2.42 bits per heavy atom. The van der Waals surface area contributed by atoms with Gasteiger partial charge in [0.05, 0.1) is 6.10 Å². The van der Waals surface area contributed by atoms with Gasteiger partial charge < -0.3 is 5.11 Å². The van der Waals surface area contributed by atoms with Gasteiger partial charge in [0, 0.05) is 18.3 Å². The molecule has 3 heteroatoms. The Labute approximate surface area is 71.5 Å². The molecule has 1 atom stereocenters. The number of nitrogens with zero attached hydrogens (tertiary/aromatic N) is 2. The standard InChI is InChI=1S/C9H12N2O/c1-6-10-5-7-4-8(12)2-3-9(7)11-6/h5,8,12H,2-4H2,1H3/t8-/m0/s1. The fourth-order valence-corrected chi connectivity index (χ4v) is 1.59. The summed E-state index contributed by atoms with van der Waals surface area (Å²) >= 11 is 0. The molecule has 0 radical (unpaired) electrons. The molecule has 1 aliphatic rings. The minimum Gasteiger partial charge on any atom is -0.393 e. The zero-order chi connectivity index (χ0) is 8.55. The summed E-state index contributed by atoms with van der Waals surface area (Å²) in [6.07, 6.45) is 4.09. The van der Waals surface area contributed by atoms with E-state index in [1.807, 2.05) is 13.1 Å². The van der Waals surface area contributed by atoms with Crippen molar-refractivity contribution in [2.75, 3.05) is 0 Å². The van der Waals surface area contributed by atoms with Crippen LogP contribution < -0.4 is 0 Å². The molecule has 1 N–H and O–H groups in total. The number of aromatic nitrogens is 2. The molecule has 0 spiro atoms. The second kappa shape index (κ2) is 2.83. The molecule has 1 aliphatic carbocycles. The Bertz CT molecular complexity index is 299. The maximum absolute atomic E-state index is 9.37. The molecule has 3 nitrogen and oxygen atoms in total. The van der Waals surface area contributed by atoms with E-state index in [1.165, 1.54) is 0 Å². The van der Waals surface area contributed by atoms with Crippen LogP contribution in [0.25, 0.3) is 0 Å². The van der Waals surface area contributed by atoms with Gasteiger partial charge >= 0.3 is 0 Å². The lowest BCUT2D eigenvalue weighted by molar-refractivity contribution is 0.157. The van der Waals surface area contributed by atoms with Crippen molar-refractivity contribution < 1.29 is 5.11 Å². The molecule has 0 saturated carbocycles. The third-order valence-electron chi connectivity index (χ3n) is 2.24. The molecule has 0 unspecified atom stereocenters. The zero-order valence-corrected chi connectivity index (χ0v) is 7.12. The highest BCUT2D eigenvalue weighted by molar-refractivity contribution is 5.21. The van der Waals surface area contributed by atoms with Crippen molar-refractivity contribution >= 4 is 0 Å². The van der Waals surface area contributed by atoms with Gasteiger partial charge in [-0.3, -0.25) is 0 Å². The van der Waals surface area contributed by atoms with Gasteiger partial charge in [-0.1, -0.05) is 0 Å². The van der Waals surface area contributed by atoms with Crippen LogP contribution in [-0.2, 0) is 12.8 Å². The molecule has 0 aromatic carbocycles. The van der Waals surface area contributed by atoms with Gasteiger partial charge in [0.25, 0.3) is 0 Å². The van der Waals surface area contributed by atoms with Crippen LogP contribution in [0.5, 0.6) is 0 Å². The number of aliphatic hydroxyl groups excluding tert-OH is 1. The number of aliphatic hydroxyl groups is 1. The highest BCUT2D eigenvalue weighted by Crippen LogP contribution is 2.18. The van der Waals surface area contributed by atoms with Crippen LogP contribution in [0, 0.1) is 6.92 Å². The van der Waals surface area contributed by atoms with Crippen LogP contribution >= 0.6 is 0 Å². The molecule has 2 rings (SSSR count). The molecule has 64 valence electrons. The van der Waals surface area contributed by atoms with E-state index in [9.17, 15) is 5.11 Å². The second-order valence-electron chi connectivity index (χ2n) is 3.29. The van der Waals surface area contributed by atoms with Gasteiger partial charge in [-0.05, 0) is 25.3 Å². The van der Waals surface area contributed by atoms with E-state index in [4.69, 9.17) is 0 Å². The number of aryl methyl sites for hydroxylation is 2. The van der Waals surface area contributed by atoms with E-state index in [2.05, 4.69) is 9.97 Å². The molecule has 1 aromatic heterocycles. The third-order valence-corrected chi connectivity index (χ3v) is 2.24. The summed E-state index contributed by atoms with van der Waals surface area (Å²) in [6, 6.07) is 0. The third kappa shape index (κ3) is 1.32. The lowest BCUT2D eigenvalue weighted by Gasteiger charge is -2.18. The Morgan fingerprint density at radius 1 is 1.58 bits per heavy atom. The van der Waals surface area contributed by atoms with Gasteiger partial charge in [-0.2, -0.15) is 0 Å². The highest BCUT2D eigenvalue weighted by Gasteiger charge is 2.17. The normalized spacial score (nSPS) is 22.0. The van der Waals surface area contributed by atoms with Crippen molar-refractivity contribution in [2.24, 2.45) is 0 Å². The Hall–Kier alpha value is -0.960. The molecule has 0 fully saturated rings. The van der Waals surface area contributed by atoms with E-state index in [-0.39, 0.29) is 6.10 Å². The van der Waals surface area contributed by atoms with Crippen molar-refractivity contribution in [3.8, 4) is 0 Å². The van der Waals surface area contributed by atoms with Gasteiger partial charge in [0.15, 0.2) is 0 Å². The monoisotopic (exact) mass is 164 g/mol. The first-order valence-corrected chi connectivity index (χ1v) is 4.25. The summed E-state index contributed by atoms with van der Waals surface area (Å²) in [5.74, 6) is 0.824. The summed E-state index contributed by atoms with van der Waals surface area (Å²) in [4.78, 5) is 8.43. The van der Waals surface area contributed by atoms with Gasteiger partial charge in [-0.15, -0.1) is 0 Å². The van der Waals surface area contributed by atoms with Gasteiger partial charge in [-0.25, -0.2) is 9.97 Å². The highest BCUT2D eigenvalue weighted by atomic mass is 16.3. The van der Waals surface area contributed by atoms with Crippen molar-refractivity contribution in [2.45, 2.75) is 32.3 Å². The Balaban J connectivity index is 2.37. The Kier molecular flexibility index (Phi) is 1.81. The maximum Gasteiger partial charge on any atom is 0.125 e. The van der Waals surface area contributed by atoms with Crippen LogP contribution in [0.3, 0.4) is 0 Å². The molecular formula is C9H12N2O. The number of hydrogen-bond acceptors (Lipinski definition) is 3. The largest absolute Gasteiger partial charge is 0.393 e. The van der Waals surface area contributed by atoms with Crippen molar-refractivity contribution in [3.63, 3.8) is 0 Å². The molecular weight excluding hydrogens is 152 g/mol. The van der Waals surface area contributed by atoms with Gasteiger partial charge in [0.2, 0.25) is 0 Å². The molecule has 0 aliphatic heterocycles. The van der Waals surface area contributed by atoms with E-state index < -0.39 is 0 Å². The van der Waals surface area contributed by atoms with Crippen LogP contribution in [0.2, 0.25) is 0 Å². The summed E-state index contributed by atoms with van der Waals surface area (Å²) in [5.41, 5.74) is 2.23. The molecule has 1 heterocycles. The Morgan fingerprint density at radius 3 is 3.25 bits per heavy atom. The molecule has 1 aromatic rings. The first-order chi connectivity index (χ1) is 5.75.